The van der Waals surface area contributed by atoms with E-state index < -0.39 is 0 Å². The summed E-state index contributed by atoms with van der Waals surface area (Å²) in [6.45, 7) is 1.64. The number of aliphatic hydroxyl groups excluding tert-OH is 1. The second-order valence-electron chi connectivity index (χ2n) is 2.16. The van der Waals surface area contributed by atoms with Crippen LogP contribution in [0.15, 0.2) is 18.3 Å². The summed E-state index contributed by atoms with van der Waals surface area (Å²) in [5.74, 6) is 0. The van der Waals surface area contributed by atoms with Crippen LogP contribution in [0.2, 0.25) is 0 Å². The molecule has 1 rings (SSSR count). The Morgan fingerprint density at radius 1 is 1.60 bits per heavy atom. The van der Waals surface area contributed by atoms with E-state index >= 15 is 0 Å². The summed E-state index contributed by atoms with van der Waals surface area (Å²) in [5.41, 5.74) is 1.28. The molecule has 0 aliphatic rings. The van der Waals surface area contributed by atoms with Crippen LogP contribution in [0.5, 0.6) is 0 Å². The number of pyridine rings is 1. The summed E-state index contributed by atoms with van der Waals surface area (Å²) < 4.78 is 0.742. The van der Waals surface area contributed by atoms with Gasteiger partial charge >= 0.3 is 0 Å². The Morgan fingerprint density at radius 2 is 2.30 bits per heavy atom. The SMILES string of the molecule is Cc1ccc(CO)c[n+]1[O-]. The van der Waals surface area contributed by atoms with Gasteiger partial charge in [0.2, 0.25) is 0 Å². The number of aryl methyl sites for hydroxylation is 1. The van der Waals surface area contributed by atoms with Gasteiger partial charge in [0.25, 0.3) is 0 Å². The highest BCUT2D eigenvalue weighted by molar-refractivity contribution is 5.07. The third-order valence-electron chi connectivity index (χ3n) is 1.35. The third kappa shape index (κ3) is 1.25. The Morgan fingerprint density at radius 3 is 2.80 bits per heavy atom. The fourth-order valence-corrected chi connectivity index (χ4v) is 0.690. The van der Waals surface area contributed by atoms with E-state index in [2.05, 4.69) is 0 Å². The molecule has 0 amide bonds. The summed E-state index contributed by atoms with van der Waals surface area (Å²) in [7, 11) is 0. The average Bonchev–Trinajstić information content (AvgIpc) is 1.95. The van der Waals surface area contributed by atoms with Crippen molar-refractivity contribution < 1.29 is 9.84 Å². The van der Waals surface area contributed by atoms with E-state index in [1.54, 1.807) is 19.1 Å². The van der Waals surface area contributed by atoms with Gasteiger partial charge in [0.15, 0.2) is 11.9 Å². The van der Waals surface area contributed by atoms with E-state index in [-0.39, 0.29) is 6.61 Å². The number of rotatable bonds is 1. The molecule has 0 unspecified atom stereocenters. The summed E-state index contributed by atoms with van der Waals surface area (Å²) in [6.07, 6.45) is 1.37. The number of hydrogen-bond acceptors (Lipinski definition) is 2. The molecular formula is C7H9NO2. The molecule has 0 aliphatic carbocycles. The molecule has 0 saturated carbocycles. The van der Waals surface area contributed by atoms with Crippen molar-refractivity contribution in [1.29, 1.82) is 0 Å². The topological polar surface area (TPSA) is 47.2 Å². The molecule has 0 spiro atoms. The Labute approximate surface area is 59.1 Å². The smallest absolute Gasteiger partial charge is 0.189 e. The van der Waals surface area contributed by atoms with Crippen LogP contribution in [0.1, 0.15) is 11.3 Å². The van der Waals surface area contributed by atoms with E-state index in [4.69, 9.17) is 5.11 Å². The third-order valence-corrected chi connectivity index (χ3v) is 1.35. The van der Waals surface area contributed by atoms with Gasteiger partial charge in [-0.2, -0.15) is 4.73 Å². The Bertz CT molecular complexity index is 235. The van der Waals surface area contributed by atoms with Crippen molar-refractivity contribution >= 4 is 0 Å². The molecule has 3 nitrogen and oxygen atoms in total. The van der Waals surface area contributed by atoms with Crippen molar-refractivity contribution in [3.8, 4) is 0 Å². The van der Waals surface area contributed by atoms with Crippen LogP contribution in [-0.2, 0) is 6.61 Å². The lowest BCUT2D eigenvalue weighted by Gasteiger charge is -2.00. The maximum absolute atomic E-state index is 10.8. The normalized spacial score (nSPS) is 9.80. The zero-order valence-electron chi connectivity index (χ0n) is 5.74. The first-order valence-electron chi connectivity index (χ1n) is 3.03. The molecule has 0 fully saturated rings. The standard InChI is InChI=1S/C7H9NO2/c1-6-2-3-7(5-9)4-8(6)10/h2-4,9H,5H2,1H3. The van der Waals surface area contributed by atoms with Crippen LogP contribution < -0.4 is 4.73 Å². The summed E-state index contributed by atoms with van der Waals surface area (Å²) in [4.78, 5) is 0. The number of aliphatic hydroxyl groups is 1. The first-order chi connectivity index (χ1) is 4.74. The second-order valence-corrected chi connectivity index (χ2v) is 2.16. The molecule has 54 valence electrons. The van der Waals surface area contributed by atoms with Crippen LogP contribution in [0.25, 0.3) is 0 Å². The van der Waals surface area contributed by atoms with Crippen LogP contribution >= 0.6 is 0 Å². The molecule has 1 heterocycles. The number of hydrogen-bond donors (Lipinski definition) is 1. The largest absolute Gasteiger partial charge is 0.618 e. The monoisotopic (exact) mass is 139 g/mol. The lowest BCUT2D eigenvalue weighted by Crippen LogP contribution is -2.29. The Balaban J connectivity index is 3.04. The van der Waals surface area contributed by atoms with E-state index in [1.165, 1.54) is 6.20 Å². The fraction of sp³-hybridized carbons (Fsp3) is 0.286. The lowest BCUT2D eigenvalue weighted by molar-refractivity contribution is -0.612. The summed E-state index contributed by atoms with van der Waals surface area (Å²) >= 11 is 0. The molecule has 0 aliphatic heterocycles. The second kappa shape index (κ2) is 2.66. The Kier molecular flexibility index (Phi) is 1.87. The van der Waals surface area contributed by atoms with Gasteiger partial charge in [-0.25, -0.2) is 0 Å². The molecule has 10 heavy (non-hydrogen) atoms. The maximum Gasteiger partial charge on any atom is 0.189 e. The zero-order valence-corrected chi connectivity index (χ0v) is 5.74. The van der Waals surface area contributed by atoms with Gasteiger partial charge in [-0.15, -0.1) is 0 Å². The van der Waals surface area contributed by atoms with E-state index in [1.807, 2.05) is 0 Å². The fourth-order valence-electron chi connectivity index (χ4n) is 0.690. The highest BCUT2D eigenvalue weighted by Crippen LogP contribution is 1.95. The van der Waals surface area contributed by atoms with Crippen molar-refractivity contribution in [2.24, 2.45) is 0 Å². The first kappa shape index (κ1) is 7.02. The van der Waals surface area contributed by atoms with Crippen molar-refractivity contribution in [2.45, 2.75) is 13.5 Å². The van der Waals surface area contributed by atoms with E-state index in [0.717, 1.165) is 4.73 Å². The minimum absolute atomic E-state index is 0.0808. The minimum Gasteiger partial charge on any atom is -0.618 e. The quantitative estimate of drug-likeness (QED) is 0.443. The number of aromatic nitrogens is 1. The van der Waals surface area contributed by atoms with E-state index in [9.17, 15) is 5.21 Å². The van der Waals surface area contributed by atoms with Crippen LogP contribution in [0.3, 0.4) is 0 Å². The molecule has 1 aromatic heterocycles. The van der Waals surface area contributed by atoms with Gasteiger partial charge in [-0.1, -0.05) is 0 Å². The zero-order chi connectivity index (χ0) is 7.56. The van der Waals surface area contributed by atoms with Crippen LogP contribution in [0.4, 0.5) is 0 Å². The molecule has 0 saturated heterocycles. The highest BCUT2D eigenvalue weighted by Gasteiger charge is 1.98. The van der Waals surface area contributed by atoms with Crippen molar-refractivity contribution in [3.63, 3.8) is 0 Å². The molecule has 0 aromatic carbocycles. The lowest BCUT2D eigenvalue weighted by atomic mass is 10.3. The van der Waals surface area contributed by atoms with Crippen LogP contribution in [0, 0.1) is 12.1 Å². The molecule has 1 N–H and O–H groups in total. The molecule has 0 bridgehead atoms. The average molecular weight is 139 g/mol. The summed E-state index contributed by atoms with van der Waals surface area (Å²) in [6, 6.07) is 3.41. The highest BCUT2D eigenvalue weighted by atomic mass is 16.5. The predicted octanol–water partition coefficient (Wildman–Crippen LogP) is 0.121. The molecular weight excluding hydrogens is 130 g/mol. The van der Waals surface area contributed by atoms with Gasteiger partial charge < -0.3 is 10.3 Å². The Hall–Kier alpha value is -1.09. The number of nitrogens with zero attached hydrogens (tertiary/aromatic N) is 1. The van der Waals surface area contributed by atoms with Crippen molar-refractivity contribution in [2.75, 3.05) is 0 Å². The molecule has 1 aromatic rings. The van der Waals surface area contributed by atoms with Gasteiger partial charge in [-0.3, -0.25) is 0 Å². The van der Waals surface area contributed by atoms with Gasteiger partial charge in [0.05, 0.1) is 6.61 Å². The predicted molar refractivity (Wildman–Crippen MR) is 36.1 cm³/mol. The first-order valence-corrected chi connectivity index (χ1v) is 3.03. The van der Waals surface area contributed by atoms with E-state index in [0.29, 0.717) is 11.3 Å². The molecule has 0 atom stereocenters. The maximum atomic E-state index is 10.8. The van der Waals surface area contributed by atoms with Gasteiger partial charge in [0, 0.05) is 18.6 Å². The van der Waals surface area contributed by atoms with Gasteiger partial charge in [-0.05, 0) is 6.07 Å². The van der Waals surface area contributed by atoms with Crippen molar-refractivity contribution in [3.05, 3.63) is 34.8 Å². The molecule has 3 heteroatoms. The van der Waals surface area contributed by atoms with Crippen molar-refractivity contribution in [1.82, 2.24) is 0 Å². The summed E-state index contributed by atoms with van der Waals surface area (Å²) in [5, 5.41) is 19.4. The minimum atomic E-state index is -0.0808. The van der Waals surface area contributed by atoms with Gasteiger partial charge in [0.1, 0.15) is 0 Å². The van der Waals surface area contributed by atoms with Crippen LogP contribution in [-0.4, -0.2) is 5.11 Å². The molecule has 0 radical (unpaired) electrons.